The van der Waals surface area contributed by atoms with E-state index in [1.807, 2.05) is 4.57 Å². The molecule has 0 spiro atoms. The lowest BCUT2D eigenvalue weighted by Gasteiger charge is -2.23. The molecular weight excluding hydrogens is 565 g/mol. The molecule has 214 valence electrons. The Morgan fingerprint density at radius 2 is 2.05 bits per heavy atom. The predicted octanol–water partition coefficient (Wildman–Crippen LogP) is 6.04. The molecule has 1 atom stereocenters. The Hall–Kier alpha value is -2.45. The Labute approximate surface area is 238 Å². The molecule has 4 rings (SSSR count). The summed E-state index contributed by atoms with van der Waals surface area (Å²) in [6, 6.07) is 1.06. The van der Waals surface area contributed by atoms with Crippen LogP contribution in [0.2, 0.25) is 36.0 Å². The first-order chi connectivity index (χ1) is 18.5. The van der Waals surface area contributed by atoms with Gasteiger partial charge in [-0.1, -0.05) is 31.2 Å². The van der Waals surface area contributed by atoms with Gasteiger partial charge in [-0.05, 0) is 50.3 Å². The first-order valence-electron chi connectivity index (χ1n) is 13.1. The van der Waals surface area contributed by atoms with Gasteiger partial charge in [-0.3, -0.25) is 10.1 Å². The van der Waals surface area contributed by atoms with E-state index in [4.69, 9.17) is 37.4 Å². The van der Waals surface area contributed by atoms with Gasteiger partial charge in [0.25, 0.3) is 5.88 Å². The quantitative estimate of drug-likeness (QED) is 0.0820. The van der Waals surface area contributed by atoms with Gasteiger partial charge in [0.2, 0.25) is 5.28 Å². The number of nitrogens with one attached hydrogen (secondary N) is 1. The van der Waals surface area contributed by atoms with E-state index in [9.17, 15) is 10.1 Å². The van der Waals surface area contributed by atoms with E-state index in [0.717, 1.165) is 25.3 Å². The fourth-order valence-electron chi connectivity index (χ4n) is 4.30. The normalized spacial score (nSPS) is 16.1. The second-order valence-electron chi connectivity index (χ2n) is 10.7. The van der Waals surface area contributed by atoms with E-state index in [1.165, 1.54) is 4.68 Å². The first-order valence-corrected chi connectivity index (χ1v) is 17.5. The van der Waals surface area contributed by atoms with Crippen molar-refractivity contribution in [1.82, 2.24) is 24.3 Å². The smallest absolute Gasteiger partial charge is 0.353 e. The summed E-state index contributed by atoms with van der Waals surface area (Å²) in [7, 11) is -1.20. The number of rotatable bonds is 13. The molecule has 39 heavy (non-hydrogen) atoms. The van der Waals surface area contributed by atoms with Crippen LogP contribution in [0.25, 0.3) is 11.0 Å². The molecular formula is C24H35Cl2N7O5Si. The summed E-state index contributed by atoms with van der Waals surface area (Å²) < 4.78 is 20.9. The predicted molar refractivity (Wildman–Crippen MR) is 153 cm³/mol. The third-order valence-electron chi connectivity index (χ3n) is 6.34. The molecule has 0 aromatic carbocycles. The lowest BCUT2D eigenvalue weighted by molar-refractivity contribution is -0.386. The van der Waals surface area contributed by atoms with Crippen LogP contribution in [0.3, 0.4) is 0 Å². The molecule has 0 radical (unpaired) electrons. The van der Waals surface area contributed by atoms with Crippen molar-refractivity contribution in [1.29, 1.82) is 0 Å². The maximum atomic E-state index is 11.7. The zero-order valence-electron chi connectivity index (χ0n) is 22.7. The minimum Gasteiger partial charge on any atom is -0.473 e. The second kappa shape index (κ2) is 12.8. The van der Waals surface area contributed by atoms with Gasteiger partial charge in [0.15, 0.2) is 11.9 Å². The van der Waals surface area contributed by atoms with E-state index in [0.29, 0.717) is 60.5 Å². The molecule has 0 amide bonds. The van der Waals surface area contributed by atoms with Gasteiger partial charge in [0, 0.05) is 34.0 Å². The highest BCUT2D eigenvalue weighted by atomic mass is 35.5. The van der Waals surface area contributed by atoms with Gasteiger partial charge in [-0.15, -0.1) is 0 Å². The van der Waals surface area contributed by atoms with Crippen molar-refractivity contribution in [3.63, 3.8) is 0 Å². The number of ether oxygens (including phenoxy) is 3. The van der Waals surface area contributed by atoms with Crippen molar-refractivity contribution >= 4 is 53.8 Å². The molecule has 1 aliphatic heterocycles. The molecule has 1 aliphatic rings. The Kier molecular flexibility index (Phi) is 9.70. The van der Waals surface area contributed by atoms with Crippen LogP contribution in [0.4, 0.5) is 11.5 Å². The number of nitro groups is 1. The summed E-state index contributed by atoms with van der Waals surface area (Å²) in [5, 5.41) is 20.5. The highest BCUT2D eigenvalue weighted by Crippen LogP contribution is 2.36. The largest absolute Gasteiger partial charge is 0.473 e. The fraction of sp³-hybridized carbons (Fsp3) is 0.625. The Bertz CT molecular complexity index is 1300. The Balaban J connectivity index is 1.39. The maximum Gasteiger partial charge on any atom is 0.353 e. The monoisotopic (exact) mass is 599 g/mol. The molecule has 3 aromatic rings. The molecule has 1 fully saturated rings. The van der Waals surface area contributed by atoms with Gasteiger partial charge in [-0.25, -0.2) is 0 Å². The topological polar surface area (TPSA) is 131 Å². The summed E-state index contributed by atoms with van der Waals surface area (Å²) in [6.07, 6.45) is 4.56. The van der Waals surface area contributed by atoms with Crippen LogP contribution >= 0.6 is 23.2 Å². The molecule has 4 heterocycles. The van der Waals surface area contributed by atoms with Gasteiger partial charge in [0.05, 0.1) is 21.9 Å². The highest BCUT2D eigenvalue weighted by Gasteiger charge is 2.31. The average molecular weight is 601 g/mol. The summed E-state index contributed by atoms with van der Waals surface area (Å²) in [5.41, 5.74) is 0.736. The summed E-state index contributed by atoms with van der Waals surface area (Å²) >= 11 is 12.8. The van der Waals surface area contributed by atoms with Crippen LogP contribution in [0.15, 0.2) is 6.20 Å². The molecule has 1 unspecified atom stereocenters. The van der Waals surface area contributed by atoms with E-state index in [2.05, 4.69) is 40.0 Å². The zero-order valence-corrected chi connectivity index (χ0v) is 25.2. The first kappa shape index (κ1) is 29.5. The molecule has 0 bridgehead atoms. The number of anilines is 1. The summed E-state index contributed by atoms with van der Waals surface area (Å²) in [5.74, 6) is 0.615. The van der Waals surface area contributed by atoms with Crippen LogP contribution in [0.1, 0.15) is 37.6 Å². The molecule has 3 aromatic heterocycles. The van der Waals surface area contributed by atoms with Crippen LogP contribution in [0, 0.1) is 17.0 Å². The van der Waals surface area contributed by atoms with Crippen molar-refractivity contribution in [2.24, 2.45) is 0 Å². The van der Waals surface area contributed by atoms with Crippen molar-refractivity contribution in [2.45, 2.75) is 71.3 Å². The van der Waals surface area contributed by atoms with Crippen LogP contribution < -0.4 is 10.1 Å². The molecule has 1 N–H and O–H groups in total. The number of fused-ring (bicyclic) bond motifs is 1. The molecule has 0 saturated carbocycles. The SMILES string of the molecule is Cc1nn(C2CCCCO2)c(OCCCNc2nc(Cl)nc3c2c(Cl)cn3COCC[Si](C)(C)C)c1[N+](=O)[O-]. The lowest BCUT2D eigenvalue weighted by Crippen LogP contribution is -2.22. The maximum absolute atomic E-state index is 11.7. The number of nitrogens with zero attached hydrogens (tertiary/aromatic N) is 6. The molecule has 0 aliphatic carbocycles. The zero-order chi connectivity index (χ0) is 28.2. The van der Waals surface area contributed by atoms with E-state index >= 15 is 0 Å². The summed E-state index contributed by atoms with van der Waals surface area (Å²) in [6.45, 7) is 10.7. The van der Waals surface area contributed by atoms with Crippen molar-refractivity contribution in [2.75, 3.05) is 31.7 Å². The molecule has 15 heteroatoms. The number of aromatic nitrogens is 5. The summed E-state index contributed by atoms with van der Waals surface area (Å²) in [4.78, 5) is 19.9. The van der Waals surface area contributed by atoms with Crippen molar-refractivity contribution < 1.29 is 19.1 Å². The van der Waals surface area contributed by atoms with Crippen LogP contribution in [-0.2, 0) is 16.2 Å². The number of halogens is 2. The number of hydrogen-bond acceptors (Lipinski definition) is 9. The van der Waals surface area contributed by atoms with Gasteiger partial charge in [-0.2, -0.15) is 19.7 Å². The third-order valence-corrected chi connectivity index (χ3v) is 8.50. The second-order valence-corrected chi connectivity index (χ2v) is 17.1. The fourth-order valence-corrected chi connectivity index (χ4v) is 5.52. The average Bonchev–Trinajstić information content (AvgIpc) is 3.37. The number of hydrogen-bond donors (Lipinski definition) is 1. The Morgan fingerprint density at radius 1 is 1.26 bits per heavy atom. The van der Waals surface area contributed by atoms with Crippen molar-refractivity contribution in [3.05, 3.63) is 32.3 Å². The van der Waals surface area contributed by atoms with Gasteiger partial charge >= 0.3 is 5.69 Å². The third kappa shape index (κ3) is 7.40. The standard InChI is InChI=1S/C24H35Cl2N7O5Si/c1-16-20(33(34)35)23(32(30-16)18-8-5-6-10-37-18)38-11-7-9-27-21-19-17(25)14-31(22(19)29-24(26)28-21)15-36-12-13-39(2,3)4/h14,18H,5-13,15H2,1-4H3,(H,27,28,29). The minimum atomic E-state index is -1.20. The van der Waals surface area contributed by atoms with E-state index < -0.39 is 13.0 Å². The Morgan fingerprint density at radius 3 is 2.74 bits per heavy atom. The van der Waals surface area contributed by atoms with Gasteiger partial charge < -0.3 is 24.1 Å². The molecule has 1 saturated heterocycles. The van der Waals surface area contributed by atoms with Crippen molar-refractivity contribution in [3.8, 4) is 5.88 Å². The lowest BCUT2D eigenvalue weighted by atomic mass is 10.2. The van der Waals surface area contributed by atoms with Crippen LogP contribution in [-0.4, -0.2) is 63.7 Å². The molecule has 12 nitrogen and oxygen atoms in total. The van der Waals surface area contributed by atoms with Crippen LogP contribution in [0.5, 0.6) is 5.88 Å². The van der Waals surface area contributed by atoms with Gasteiger partial charge in [0.1, 0.15) is 18.2 Å². The number of aryl methyl sites for hydroxylation is 1. The minimum absolute atomic E-state index is 0.0850. The van der Waals surface area contributed by atoms with E-state index in [1.54, 1.807) is 13.1 Å². The van der Waals surface area contributed by atoms with E-state index in [-0.39, 0.29) is 29.7 Å². The highest BCUT2D eigenvalue weighted by molar-refractivity contribution is 6.76.